The maximum Gasteiger partial charge on any atom is 0.280 e. The molecule has 0 saturated carbocycles. The summed E-state index contributed by atoms with van der Waals surface area (Å²) in [7, 11) is -2.00. The van der Waals surface area contributed by atoms with E-state index in [2.05, 4.69) is 9.71 Å². The second kappa shape index (κ2) is 6.78. The Morgan fingerprint density at radius 1 is 1.12 bits per heavy atom. The van der Waals surface area contributed by atoms with Gasteiger partial charge in [-0.3, -0.25) is 4.72 Å². The van der Waals surface area contributed by atoms with E-state index < -0.39 is 10.0 Å². The number of hydrogen-bond acceptors (Lipinski definition) is 4. The highest BCUT2D eigenvalue weighted by Gasteiger charge is 2.18. The summed E-state index contributed by atoms with van der Waals surface area (Å²) in [6.45, 7) is 1.74. The molecule has 8 heteroatoms. The van der Waals surface area contributed by atoms with Gasteiger partial charge in [0.05, 0.1) is 5.02 Å². The highest BCUT2D eigenvalue weighted by Crippen LogP contribution is 2.29. The van der Waals surface area contributed by atoms with E-state index in [1.807, 2.05) is 12.1 Å². The number of rotatable bonds is 5. The topological polar surface area (TPSA) is 73.2 Å². The first-order valence-electron chi connectivity index (χ1n) is 7.40. The summed E-state index contributed by atoms with van der Waals surface area (Å²) in [6.07, 6.45) is 1.46. The zero-order valence-electron chi connectivity index (χ0n) is 13.6. The van der Waals surface area contributed by atoms with Crippen LogP contribution in [0.1, 0.15) is 5.82 Å². The van der Waals surface area contributed by atoms with Crippen molar-refractivity contribution in [2.75, 3.05) is 4.72 Å². The highest BCUT2D eigenvalue weighted by atomic mass is 35.5. The molecule has 1 N–H and O–H groups in total. The predicted molar refractivity (Wildman–Crippen MR) is 96.7 cm³/mol. The van der Waals surface area contributed by atoms with Gasteiger partial charge in [0, 0.05) is 18.9 Å². The largest absolute Gasteiger partial charge is 0.456 e. The number of halogens is 1. The molecule has 0 radical (unpaired) electrons. The lowest BCUT2D eigenvalue weighted by atomic mass is 10.3. The number of anilines is 1. The third-order valence-electron chi connectivity index (χ3n) is 3.53. The van der Waals surface area contributed by atoms with Crippen molar-refractivity contribution >= 4 is 27.3 Å². The van der Waals surface area contributed by atoms with E-state index in [1.165, 1.54) is 6.20 Å². The van der Waals surface area contributed by atoms with Crippen molar-refractivity contribution in [3.8, 4) is 11.5 Å². The molecule has 0 unspecified atom stereocenters. The molecule has 0 atom stereocenters. The van der Waals surface area contributed by atoms with E-state index in [4.69, 9.17) is 16.3 Å². The van der Waals surface area contributed by atoms with Gasteiger partial charge in [-0.15, -0.1) is 0 Å². The van der Waals surface area contributed by atoms with Gasteiger partial charge in [-0.25, -0.2) is 4.98 Å². The zero-order chi connectivity index (χ0) is 18.0. The number of imidazole rings is 1. The maximum atomic E-state index is 12.4. The van der Waals surface area contributed by atoms with E-state index in [1.54, 1.807) is 54.9 Å². The molecule has 0 aliphatic heterocycles. The first-order valence-corrected chi connectivity index (χ1v) is 9.26. The fourth-order valence-electron chi connectivity index (χ4n) is 2.11. The van der Waals surface area contributed by atoms with E-state index in [9.17, 15) is 8.42 Å². The molecule has 1 heterocycles. The van der Waals surface area contributed by atoms with Gasteiger partial charge in [0.25, 0.3) is 10.0 Å². The minimum absolute atomic E-state index is 0.0242. The fourth-order valence-corrected chi connectivity index (χ4v) is 3.38. The Balaban J connectivity index is 1.75. The van der Waals surface area contributed by atoms with Crippen LogP contribution in [0.15, 0.2) is 59.8 Å². The second-order valence-electron chi connectivity index (χ2n) is 5.40. The summed E-state index contributed by atoms with van der Waals surface area (Å²) in [5.74, 6) is 1.69. The Kier molecular flexibility index (Phi) is 4.69. The molecule has 0 amide bonds. The first kappa shape index (κ1) is 17.3. The standard InChI is InChI=1S/C17H16ClN3O3S/c1-12-19-17(11-21(12)2)25(22,23)20-13-7-9-14(10-8-13)24-16-6-4-3-5-15(16)18/h3-11,20H,1-2H3. The molecule has 6 nitrogen and oxygen atoms in total. The van der Waals surface area contributed by atoms with Gasteiger partial charge in [0.1, 0.15) is 17.3 Å². The van der Waals surface area contributed by atoms with Gasteiger partial charge in [0.2, 0.25) is 0 Å². The highest BCUT2D eigenvalue weighted by molar-refractivity contribution is 7.92. The lowest BCUT2D eigenvalue weighted by Crippen LogP contribution is -2.13. The number of sulfonamides is 1. The smallest absolute Gasteiger partial charge is 0.280 e. The Morgan fingerprint density at radius 2 is 1.80 bits per heavy atom. The number of nitrogens with one attached hydrogen (secondary N) is 1. The molecular formula is C17H16ClN3O3S. The number of nitrogens with zero attached hydrogens (tertiary/aromatic N) is 2. The van der Waals surface area contributed by atoms with Crippen molar-refractivity contribution < 1.29 is 13.2 Å². The minimum atomic E-state index is -3.74. The number of para-hydroxylation sites is 1. The average molecular weight is 378 g/mol. The monoisotopic (exact) mass is 377 g/mol. The maximum absolute atomic E-state index is 12.4. The van der Waals surface area contributed by atoms with Crippen molar-refractivity contribution in [1.82, 2.24) is 9.55 Å². The minimum Gasteiger partial charge on any atom is -0.456 e. The van der Waals surface area contributed by atoms with Crippen molar-refractivity contribution in [1.29, 1.82) is 0 Å². The van der Waals surface area contributed by atoms with Crippen LogP contribution in [0.25, 0.3) is 0 Å². The lowest BCUT2D eigenvalue weighted by molar-refractivity contribution is 0.483. The summed E-state index contributed by atoms with van der Waals surface area (Å²) in [6, 6.07) is 13.6. The SMILES string of the molecule is Cc1nc(S(=O)(=O)Nc2ccc(Oc3ccccc3Cl)cc2)cn1C. The molecule has 0 saturated heterocycles. The van der Waals surface area contributed by atoms with Crippen molar-refractivity contribution in [2.45, 2.75) is 11.9 Å². The third kappa shape index (κ3) is 3.94. The molecule has 0 spiro atoms. The fraction of sp³-hybridized carbons (Fsp3) is 0.118. The van der Waals surface area contributed by atoms with Gasteiger partial charge < -0.3 is 9.30 Å². The van der Waals surface area contributed by atoms with Crippen LogP contribution in [0.4, 0.5) is 5.69 Å². The van der Waals surface area contributed by atoms with E-state index in [-0.39, 0.29) is 5.03 Å². The number of hydrogen-bond donors (Lipinski definition) is 1. The normalized spacial score (nSPS) is 11.3. The second-order valence-corrected chi connectivity index (χ2v) is 7.44. The van der Waals surface area contributed by atoms with Gasteiger partial charge in [0.15, 0.2) is 5.03 Å². The molecule has 3 aromatic rings. The van der Waals surface area contributed by atoms with Crippen LogP contribution in [-0.4, -0.2) is 18.0 Å². The van der Waals surface area contributed by atoms with Crippen LogP contribution in [0, 0.1) is 6.92 Å². The van der Waals surface area contributed by atoms with E-state index >= 15 is 0 Å². The van der Waals surface area contributed by atoms with Crippen LogP contribution in [-0.2, 0) is 17.1 Å². The molecule has 0 bridgehead atoms. The first-order chi connectivity index (χ1) is 11.8. The quantitative estimate of drug-likeness (QED) is 0.730. The molecular weight excluding hydrogens is 362 g/mol. The van der Waals surface area contributed by atoms with Gasteiger partial charge >= 0.3 is 0 Å². The molecule has 2 aromatic carbocycles. The Hall–Kier alpha value is -2.51. The number of benzene rings is 2. The molecule has 0 aliphatic carbocycles. The van der Waals surface area contributed by atoms with Crippen LogP contribution >= 0.6 is 11.6 Å². The number of ether oxygens (including phenoxy) is 1. The summed E-state index contributed by atoms with van der Waals surface area (Å²) < 4.78 is 34.5. The number of aromatic nitrogens is 2. The number of aryl methyl sites for hydroxylation is 2. The van der Waals surface area contributed by atoms with Crippen LogP contribution in [0.3, 0.4) is 0 Å². The van der Waals surface area contributed by atoms with Gasteiger partial charge in [-0.2, -0.15) is 8.42 Å². The summed E-state index contributed by atoms with van der Waals surface area (Å²) >= 11 is 6.05. The predicted octanol–water partition coefficient (Wildman–Crippen LogP) is 3.98. The van der Waals surface area contributed by atoms with Crippen molar-refractivity contribution in [3.05, 3.63) is 65.6 Å². The Bertz CT molecular complexity index is 979. The van der Waals surface area contributed by atoms with E-state index in [0.29, 0.717) is 28.0 Å². The van der Waals surface area contributed by atoms with Gasteiger partial charge in [-0.1, -0.05) is 23.7 Å². The van der Waals surface area contributed by atoms with Crippen LogP contribution < -0.4 is 9.46 Å². The summed E-state index contributed by atoms with van der Waals surface area (Å²) in [5, 5.41) is 0.474. The molecule has 0 fully saturated rings. The van der Waals surface area contributed by atoms with Gasteiger partial charge in [-0.05, 0) is 43.3 Å². The zero-order valence-corrected chi connectivity index (χ0v) is 15.2. The molecule has 0 aliphatic rings. The van der Waals surface area contributed by atoms with Crippen molar-refractivity contribution in [3.63, 3.8) is 0 Å². The molecule has 3 rings (SSSR count). The Labute approximate surface area is 151 Å². The van der Waals surface area contributed by atoms with Crippen LogP contribution in [0.2, 0.25) is 5.02 Å². The Morgan fingerprint density at radius 3 is 2.40 bits per heavy atom. The molecule has 25 heavy (non-hydrogen) atoms. The van der Waals surface area contributed by atoms with Crippen LogP contribution in [0.5, 0.6) is 11.5 Å². The lowest BCUT2D eigenvalue weighted by Gasteiger charge is -2.09. The summed E-state index contributed by atoms with van der Waals surface area (Å²) in [5.41, 5.74) is 0.412. The molecule has 130 valence electrons. The average Bonchev–Trinajstić information content (AvgIpc) is 2.91. The summed E-state index contributed by atoms with van der Waals surface area (Å²) in [4.78, 5) is 4.03. The molecule has 1 aromatic heterocycles. The van der Waals surface area contributed by atoms with Crippen molar-refractivity contribution in [2.24, 2.45) is 7.05 Å². The third-order valence-corrected chi connectivity index (χ3v) is 5.10. The van der Waals surface area contributed by atoms with E-state index in [0.717, 1.165) is 0 Å².